The maximum atomic E-state index is 11.9. The van der Waals surface area contributed by atoms with E-state index in [1.165, 1.54) is 24.3 Å². The summed E-state index contributed by atoms with van der Waals surface area (Å²) >= 11 is 2.01. The second-order valence-electron chi connectivity index (χ2n) is 4.85. The lowest BCUT2D eigenvalue weighted by Crippen LogP contribution is -2.39. The first kappa shape index (κ1) is 15.2. The predicted molar refractivity (Wildman–Crippen MR) is 83.7 cm³/mol. The summed E-state index contributed by atoms with van der Waals surface area (Å²) in [6, 6.07) is 7.75. The standard InChI is InChI=1S/C15H22N2O2S/c1-19-14-6-4-12(5-7-14)15(18)17-9-8-16-13-3-2-10-20-11-13/h4-7,13,16H,2-3,8-11H2,1H3,(H,17,18)/t13-/m1/s1. The molecule has 1 saturated heterocycles. The number of hydrogen-bond donors (Lipinski definition) is 2. The molecule has 0 aliphatic carbocycles. The van der Waals surface area contributed by atoms with Crippen molar-refractivity contribution in [2.75, 3.05) is 31.7 Å². The van der Waals surface area contributed by atoms with E-state index < -0.39 is 0 Å². The molecule has 0 radical (unpaired) electrons. The van der Waals surface area contributed by atoms with Crippen LogP contribution in [-0.2, 0) is 0 Å². The van der Waals surface area contributed by atoms with Gasteiger partial charge in [0.15, 0.2) is 0 Å². The first-order chi connectivity index (χ1) is 9.79. The molecular weight excluding hydrogens is 272 g/mol. The summed E-state index contributed by atoms with van der Waals surface area (Å²) in [5.74, 6) is 3.20. The fourth-order valence-electron chi connectivity index (χ4n) is 2.20. The average Bonchev–Trinajstić information content (AvgIpc) is 2.52. The van der Waals surface area contributed by atoms with Gasteiger partial charge in [0.1, 0.15) is 5.75 Å². The lowest BCUT2D eigenvalue weighted by molar-refractivity contribution is 0.0953. The summed E-state index contributed by atoms with van der Waals surface area (Å²) in [7, 11) is 1.62. The molecule has 1 amide bonds. The molecule has 1 aromatic rings. The third-order valence-electron chi connectivity index (χ3n) is 3.36. The summed E-state index contributed by atoms with van der Waals surface area (Å²) in [5, 5.41) is 6.42. The van der Waals surface area contributed by atoms with Crippen LogP contribution in [0.25, 0.3) is 0 Å². The van der Waals surface area contributed by atoms with Gasteiger partial charge in [-0.2, -0.15) is 11.8 Å². The topological polar surface area (TPSA) is 50.4 Å². The van der Waals surface area contributed by atoms with E-state index in [1.807, 2.05) is 11.8 Å². The van der Waals surface area contributed by atoms with Gasteiger partial charge in [0.2, 0.25) is 0 Å². The second kappa shape index (κ2) is 8.17. The highest BCUT2D eigenvalue weighted by atomic mass is 32.2. The molecule has 2 rings (SSSR count). The van der Waals surface area contributed by atoms with Gasteiger partial charge in [-0.1, -0.05) is 0 Å². The van der Waals surface area contributed by atoms with Crippen molar-refractivity contribution in [3.8, 4) is 5.75 Å². The Hall–Kier alpha value is -1.20. The lowest BCUT2D eigenvalue weighted by Gasteiger charge is -2.22. The van der Waals surface area contributed by atoms with Gasteiger partial charge >= 0.3 is 0 Å². The third-order valence-corrected chi connectivity index (χ3v) is 4.57. The van der Waals surface area contributed by atoms with Crippen LogP contribution < -0.4 is 15.4 Å². The van der Waals surface area contributed by atoms with E-state index in [1.54, 1.807) is 31.4 Å². The third kappa shape index (κ3) is 4.72. The SMILES string of the molecule is COc1ccc(C(=O)NCCN[C@@H]2CCCSC2)cc1. The zero-order valence-electron chi connectivity index (χ0n) is 11.9. The van der Waals surface area contributed by atoms with E-state index in [4.69, 9.17) is 4.74 Å². The van der Waals surface area contributed by atoms with Crippen LogP contribution >= 0.6 is 11.8 Å². The van der Waals surface area contributed by atoms with E-state index >= 15 is 0 Å². The number of benzene rings is 1. The number of amides is 1. The van der Waals surface area contributed by atoms with Crippen molar-refractivity contribution in [3.63, 3.8) is 0 Å². The normalized spacial score (nSPS) is 18.6. The number of hydrogen-bond acceptors (Lipinski definition) is 4. The second-order valence-corrected chi connectivity index (χ2v) is 6.00. The Bertz CT molecular complexity index is 416. The maximum Gasteiger partial charge on any atom is 0.251 e. The maximum absolute atomic E-state index is 11.9. The number of methoxy groups -OCH3 is 1. The summed E-state index contributed by atoms with van der Waals surface area (Å²) in [6.07, 6.45) is 2.54. The van der Waals surface area contributed by atoms with Crippen LogP contribution in [0.5, 0.6) is 5.75 Å². The molecule has 2 N–H and O–H groups in total. The highest BCUT2D eigenvalue weighted by Gasteiger charge is 2.12. The number of carbonyl (C=O) groups excluding carboxylic acids is 1. The molecule has 1 atom stereocenters. The summed E-state index contributed by atoms with van der Waals surface area (Å²) in [6.45, 7) is 1.49. The van der Waals surface area contributed by atoms with Gasteiger partial charge in [0.05, 0.1) is 7.11 Å². The predicted octanol–water partition coefficient (Wildman–Crippen LogP) is 1.91. The molecule has 1 aliphatic rings. The number of ether oxygens (including phenoxy) is 1. The van der Waals surface area contributed by atoms with Gasteiger partial charge < -0.3 is 15.4 Å². The average molecular weight is 294 g/mol. The molecule has 1 aromatic carbocycles. The van der Waals surface area contributed by atoms with Crippen molar-refractivity contribution in [1.29, 1.82) is 0 Å². The zero-order valence-corrected chi connectivity index (χ0v) is 12.7. The van der Waals surface area contributed by atoms with Gasteiger partial charge in [0.25, 0.3) is 5.91 Å². The van der Waals surface area contributed by atoms with Crippen molar-refractivity contribution in [3.05, 3.63) is 29.8 Å². The monoisotopic (exact) mass is 294 g/mol. The largest absolute Gasteiger partial charge is 0.497 e. The fraction of sp³-hybridized carbons (Fsp3) is 0.533. The molecule has 0 unspecified atom stereocenters. The smallest absolute Gasteiger partial charge is 0.251 e. The van der Waals surface area contributed by atoms with E-state index in [2.05, 4.69) is 10.6 Å². The van der Waals surface area contributed by atoms with E-state index in [0.717, 1.165) is 12.3 Å². The first-order valence-electron chi connectivity index (χ1n) is 7.03. The molecule has 0 bridgehead atoms. The van der Waals surface area contributed by atoms with Gasteiger partial charge in [-0.25, -0.2) is 0 Å². The van der Waals surface area contributed by atoms with E-state index in [-0.39, 0.29) is 5.91 Å². The van der Waals surface area contributed by atoms with E-state index in [0.29, 0.717) is 18.2 Å². The summed E-state index contributed by atoms with van der Waals surface area (Å²) < 4.78 is 5.07. The quantitative estimate of drug-likeness (QED) is 0.787. The van der Waals surface area contributed by atoms with Crippen LogP contribution in [0.1, 0.15) is 23.2 Å². The zero-order chi connectivity index (χ0) is 14.2. The van der Waals surface area contributed by atoms with Gasteiger partial charge in [-0.15, -0.1) is 0 Å². The van der Waals surface area contributed by atoms with Crippen LogP contribution in [0.4, 0.5) is 0 Å². The van der Waals surface area contributed by atoms with E-state index in [9.17, 15) is 4.79 Å². The molecule has 1 aliphatic heterocycles. The van der Waals surface area contributed by atoms with Crippen LogP contribution in [0.3, 0.4) is 0 Å². The molecule has 5 heteroatoms. The Kier molecular flexibility index (Phi) is 6.21. The van der Waals surface area contributed by atoms with Crippen LogP contribution in [0, 0.1) is 0 Å². The van der Waals surface area contributed by atoms with Crippen molar-refractivity contribution in [2.24, 2.45) is 0 Å². The minimum absolute atomic E-state index is 0.0347. The van der Waals surface area contributed by atoms with Gasteiger partial charge in [-0.05, 0) is 42.9 Å². The molecule has 110 valence electrons. The highest BCUT2D eigenvalue weighted by molar-refractivity contribution is 7.99. The molecule has 20 heavy (non-hydrogen) atoms. The van der Waals surface area contributed by atoms with Crippen LogP contribution in [-0.4, -0.2) is 43.7 Å². The Morgan fingerprint density at radius 2 is 2.15 bits per heavy atom. The fourth-order valence-corrected chi connectivity index (χ4v) is 3.30. The molecule has 0 saturated carbocycles. The first-order valence-corrected chi connectivity index (χ1v) is 8.18. The Balaban J connectivity index is 1.66. The van der Waals surface area contributed by atoms with Crippen molar-refractivity contribution >= 4 is 17.7 Å². The van der Waals surface area contributed by atoms with Crippen LogP contribution in [0.15, 0.2) is 24.3 Å². The Morgan fingerprint density at radius 3 is 2.80 bits per heavy atom. The molecule has 4 nitrogen and oxygen atoms in total. The van der Waals surface area contributed by atoms with Crippen molar-refractivity contribution in [1.82, 2.24) is 10.6 Å². The Labute approximate surface area is 124 Å². The summed E-state index contributed by atoms with van der Waals surface area (Å²) in [4.78, 5) is 11.9. The van der Waals surface area contributed by atoms with Crippen molar-refractivity contribution in [2.45, 2.75) is 18.9 Å². The minimum atomic E-state index is -0.0347. The van der Waals surface area contributed by atoms with Gasteiger partial charge in [0, 0.05) is 30.4 Å². The number of thioether (sulfide) groups is 1. The molecular formula is C15H22N2O2S. The lowest BCUT2D eigenvalue weighted by atomic mass is 10.2. The molecule has 1 heterocycles. The highest BCUT2D eigenvalue weighted by Crippen LogP contribution is 2.16. The summed E-state index contributed by atoms with van der Waals surface area (Å²) in [5.41, 5.74) is 0.666. The number of rotatable bonds is 6. The number of carbonyl (C=O) groups is 1. The van der Waals surface area contributed by atoms with Gasteiger partial charge in [-0.3, -0.25) is 4.79 Å². The van der Waals surface area contributed by atoms with Crippen LogP contribution in [0.2, 0.25) is 0 Å². The Morgan fingerprint density at radius 1 is 1.35 bits per heavy atom. The minimum Gasteiger partial charge on any atom is -0.497 e. The molecule has 1 fully saturated rings. The molecule has 0 spiro atoms. The van der Waals surface area contributed by atoms with Crippen molar-refractivity contribution < 1.29 is 9.53 Å². The number of nitrogens with one attached hydrogen (secondary N) is 2. The molecule has 0 aromatic heterocycles.